The molecular formula is C9H10O4. The number of hydrogen-bond donors (Lipinski definition) is 3. The van der Waals surface area contributed by atoms with Crippen molar-refractivity contribution >= 4 is 5.97 Å². The Kier molecular flexibility index (Phi) is 2.87. The molecule has 1 aromatic carbocycles. The quantitative estimate of drug-likeness (QED) is 0.649. The van der Waals surface area contributed by atoms with Gasteiger partial charge in [0.15, 0.2) is 0 Å². The lowest BCUT2D eigenvalue weighted by Crippen LogP contribution is -2.05. The lowest BCUT2D eigenvalue weighted by molar-refractivity contribution is -0.139. The van der Waals surface area contributed by atoms with E-state index in [0.29, 0.717) is 0 Å². The predicted octanol–water partition coefficient (Wildman–Crippen LogP) is 0.900. The molecule has 0 spiro atoms. The minimum absolute atomic E-state index is 0.0868. The zero-order chi connectivity index (χ0) is 9.84. The van der Waals surface area contributed by atoms with Gasteiger partial charge in [0.2, 0.25) is 0 Å². The van der Waals surface area contributed by atoms with Gasteiger partial charge in [-0.2, -0.15) is 0 Å². The summed E-state index contributed by atoms with van der Waals surface area (Å²) in [6, 6.07) is 6.12. The van der Waals surface area contributed by atoms with Gasteiger partial charge in [0.25, 0.3) is 0 Å². The number of aromatic hydroxyl groups is 1. The number of rotatable bonds is 3. The van der Waals surface area contributed by atoms with Crippen LogP contribution in [0.15, 0.2) is 24.3 Å². The standard InChI is InChI=1S/C9H10O4/c10-7-4-2-1-3-6(7)8(11)5-9(12)13/h1-4,8,10-11H,5H2,(H,12,13)/t8-/m0/s1. The molecule has 1 rings (SSSR count). The van der Waals surface area contributed by atoms with Crippen molar-refractivity contribution in [3.05, 3.63) is 29.8 Å². The van der Waals surface area contributed by atoms with E-state index < -0.39 is 18.5 Å². The maximum atomic E-state index is 10.3. The maximum Gasteiger partial charge on any atom is 0.306 e. The summed E-state index contributed by atoms with van der Waals surface area (Å²) in [5.41, 5.74) is 0.241. The number of aliphatic hydroxyl groups is 1. The van der Waals surface area contributed by atoms with Crippen LogP contribution in [-0.4, -0.2) is 21.3 Å². The van der Waals surface area contributed by atoms with Crippen LogP contribution in [0.5, 0.6) is 5.75 Å². The van der Waals surface area contributed by atoms with Crippen molar-refractivity contribution in [2.24, 2.45) is 0 Å². The van der Waals surface area contributed by atoms with Crippen LogP contribution in [0.2, 0.25) is 0 Å². The number of carbonyl (C=O) groups is 1. The van der Waals surface area contributed by atoms with Gasteiger partial charge in [0.05, 0.1) is 12.5 Å². The first kappa shape index (κ1) is 9.54. The van der Waals surface area contributed by atoms with Gasteiger partial charge in [-0.05, 0) is 6.07 Å². The van der Waals surface area contributed by atoms with Gasteiger partial charge in [-0.15, -0.1) is 0 Å². The molecule has 3 N–H and O–H groups in total. The fourth-order valence-electron chi connectivity index (χ4n) is 1.04. The monoisotopic (exact) mass is 182 g/mol. The van der Waals surface area contributed by atoms with E-state index in [1.165, 1.54) is 12.1 Å². The van der Waals surface area contributed by atoms with Crippen LogP contribution in [0, 0.1) is 0 Å². The Balaban J connectivity index is 2.82. The second-order valence-corrected chi connectivity index (χ2v) is 2.67. The average Bonchev–Trinajstić information content (AvgIpc) is 2.03. The van der Waals surface area contributed by atoms with Gasteiger partial charge in [-0.3, -0.25) is 4.79 Å². The first-order valence-corrected chi connectivity index (χ1v) is 3.79. The number of hydrogen-bond acceptors (Lipinski definition) is 3. The summed E-state index contributed by atoms with van der Waals surface area (Å²) >= 11 is 0. The predicted molar refractivity (Wildman–Crippen MR) is 45.3 cm³/mol. The molecule has 0 saturated carbocycles. The first-order valence-electron chi connectivity index (χ1n) is 3.79. The molecule has 4 nitrogen and oxygen atoms in total. The molecule has 0 radical (unpaired) electrons. The van der Waals surface area contributed by atoms with E-state index in [4.69, 9.17) is 5.11 Å². The second-order valence-electron chi connectivity index (χ2n) is 2.67. The molecule has 0 aliphatic rings. The molecule has 70 valence electrons. The van der Waals surface area contributed by atoms with Crippen LogP contribution in [-0.2, 0) is 4.79 Å². The van der Waals surface area contributed by atoms with E-state index in [0.717, 1.165) is 0 Å². The van der Waals surface area contributed by atoms with E-state index in [-0.39, 0.29) is 11.3 Å². The Bertz CT molecular complexity index is 308. The van der Waals surface area contributed by atoms with E-state index in [2.05, 4.69) is 0 Å². The van der Waals surface area contributed by atoms with Crippen LogP contribution in [0.4, 0.5) is 0 Å². The largest absolute Gasteiger partial charge is 0.508 e. The second kappa shape index (κ2) is 3.91. The molecule has 0 aliphatic heterocycles. The van der Waals surface area contributed by atoms with Crippen LogP contribution in [0.1, 0.15) is 18.1 Å². The van der Waals surface area contributed by atoms with Gasteiger partial charge in [-0.25, -0.2) is 0 Å². The van der Waals surface area contributed by atoms with E-state index in [1.54, 1.807) is 12.1 Å². The Labute approximate surface area is 75.1 Å². The van der Waals surface area contributed by atoms with Crippen molar-refractivity contribution < 1.29 is 20.1 Å². The third-order valence-electron chi connectivity index (χ3n) is 1.66. The molecule has 1 aromatic rings. The number of carboxylic acids is 1. The van der Waals surface area contributed by atoms with Crippen molar-refractivity contribution in [2.75, 3.05) is 0 Å². The average molecular weight is 182 g/mol. The maximum absolute atomic E-state index is 10.3. The smallest absolute Gasteiger partial charge is 0.306 e. The number of phenols is 1. The molecule has 0 heterocycles. The highest BCUT2D eigenvalue weighted by molar-refractivity contribution is 5.67. The van der Waals surface area contributed by atoms with Gasteiger partial charge in [0, 0.05) is 5.56 Å². The van der Waals surface area contributed by atoms with Crippen molar-refractivity contribution in [3.63, 3.8) is 0 Å². The summed E-state index contributed by atoms with van der Waals surface area (Å²) in [5.74, 6) is -1.19. The molecule has 4 heteroatoms. The lowest BCUT2D eigenvalue weighted by atomic mass is 10.1. The Morgan fingerprint density at radius 1 is 1.38 bits per heavy atom. The highest BCUT2D eigenvalue weighted by atomic mass is 16.4. The zero-order valence-corrected chi connectivity index (χ0v) is 6.84. The summed E-state index contributed by atoms with van der Waals surface area (Å²) in [5, 5.41) is 27.0. The van der Waals surface area contributed by atoms with E-state index in [1.807, 2.05) is 0 Å². The number of carboxylic acid groups (broad SMARTS) is 1. The summed E-state index contributed by atoms with van der Waals surface area (Å²) in [6.07, 6.45) is -1.56. The first-order chi connectivity index (χ1) is 6.11. The molecule has 0 aliphatic carbocycles. The Morgan fingerprint density at radius 3 is 2.54 bits per heavy atom. The number of aliphatic carboxylic acids is 1. The van der Waals surface area contributed by atoms with Crippen LogP contribution >= 0.6 is 0 Å². The van der Waals surface area contributed by atoms with Gasteiger partial charge < -0.3 is 15.3 Å². The van der Waals surface area contributed by atoms with Crippen LogP contribution in [0.3, 0.4) is 0 Å². The Hall–Kier alpha value is -1.55. The SMILES string of the molecule is O=C(O)C[C@H](O)c1ccccc1O. The summed E-state index contributed by atoms with van der Waals surface area (Å²) in [7, 11) is 0. The fraction of sp³-hybridized carbons (Fsp3) is 0.222. The molecule has 0 unspecified atom stereocenters. The molecular weight excluding hydrogens is 172 g/mol. The van der Waals surface area contributed by atoms with Gasteiger partial charge in [0.1, 0.15) is 5.75 Å². The molecule has 0 amide bonds. The topological polar surface area (TPSA) is 77.8 Å². The van der Waals surface area contributed by atoms with Gasteiger partial charge >= 0.3 is 5.97 Å². The minimum Gasteiger partial charge on any atom is -0.508 e. The summed E-state index contributed by atoms with van der Waals surface area (Å²) < 4.78 is 0. The molecule has 0 saturated heterocycles. The van der Waals surface area contributed by atoms with Crippen molar-refractivity contribution in [3.8, 4) is 5.75 Å². The van der Waals surface area contributed by atoms with Gasteiger partial charge in [-0.1, -0.05) is 18.2 Å². The highest BCUT2D eigenvalue weighted by Crippen LogP contribution is 2.25. The number of para-hydroxylation sites is 1. The summed E-state index contributed by atoms with van der Waals surface area (Å²) in [6.45, 7) is 0. The zero-order valence-electron chi connectivity index (χ0n) is 6.84. The fourth-order valence-corrected chi connectivity index (χ4v) is 1.04. The Morgan fingerprint density at radius 2 is 2.00 bits per heavy atom. The highest BCUT2D eigenvalue weighted by Gasteiger charge is 2.14. The van der Waals surface area contributed by atoms with E-state index >= 15 is 0 Å². The molecule has 0 fully saturated rings. The third-order valence-corrected chi connectivity index (χ3v) is 1.66. The number of phenolic OH excluding ortho intramolecular Hbond substituents is 1. The molecule has 1 atom stereocenters. The number of aliphatic hydroxyl groups excluding tert-OH is 1. The normalized spacial score (nSPS) is 12.4. The molecule has 0 aromatic heterocycles. The lowest BCUT2D eigenvalue weighted by Gasteiger charge is -2.09. The third kappa shape index (κ3) is 2.45. The minimum atomic E-state index is -1.15. The van der Waals surface area contributed by atoms with Crippen molar-refractivity contribution in [1.29, 1.82) is 0 Å². The van der Waals surface area contributed by atoms with Crippen LogP contribution in [0.25, 0.3) is 0 Å². The molecule has 0 bridgehead atoms. The summed E-state index contributed by atoms with van der Waals surface area (Å²) in [4.78, 5) is 10.3. The number of benzene rings is 1. The van der Waals surface area contributed by atoms with E-state index in [9.17, 15) is 15.0 Å². The van der Waals surface area contributed by atoms with Crippen LogP contribution < -0.4 is 0 Å². The van der Waals surface area contributed by atoms with Crippen molar-refractivity contribution in [2.45, 2.75) is 12.5 Å². The molecule has 13 heavy (non-hydrogen) atoms. The van der Waals surface area contributed by atoms with Crippen molar-refractivity contribution in [1.82, 2.24) is 0 Å².